The fourth-order valence-electron chi connectivity index (χ4n) is 3.34. The van der Waals surface area contributed by atoms with E-state index in [4.69, 9.17) is 4.74 Å². The maximum Gasteiger partial charge on any atom is 0.211 e. The summed E-state index contributed by atoms with van der Waals surface area (Å²) in [6.45, 7) is 2.56. The SMILES string of the molecule is CCS(=O)(=O)NCc1ccc2c(c1)C(Cc1ccccc1)[C@H](NC)CO2. The van der Waals surface area contributed by atoms with Crippen molar-refractivity contribution >= 4 is 10.0 Å². The number of sulfonamides is 1. The van der Waals surface area contributed by atoms with Gasteiger partial charge in [-0.25, -0.2) is 13.1 Å². The monoisotopic (exact) mass is 374 g/mol. The zero-order valence-electron chi connectivity index (χ0n) is 15.2. The van der Waals surface area contributed by atoms with Crippen LogP contribution in [0.25, 0.3) is 0 Å². The number of nitrogens with one attached hydrogen (secondary N) is 2. The molecule has 1 aliphatic heterocycles. The number of hydrogen-bond donors (Lipinski definition) is 2. The van der Waals surface area contributed by atoms with Crippen molar-refractivity contribution in [2.75, 3.05) is 19.4 Å². The summed E-state index contributed by atoms with van der Waals surface area (Å²) in [5, 5.41) is 3.36. The lowest BCUT2D eigenvalue weighted by atomic mass is 9.83. The molecule has 1 aliphatic rings. The first-order valence-corrected chi connectivity index (χ1v) is 10.6. The smallest absolute Gasteiger partial charge is 0.211 e. The van der Waals surface area contributed by atoms with Gasteiger partial charge in [-0.1, -0.05) is 42.5 Å². The molecule has 26 heavy (non-hydrogen) atoms. The molecule has 2 aromatic carbocycles. The van der Waals surface area contributed by atoms with E-state index in [0.717, 1.165) is 23.3 Å². The van der Waals surface area contributed by atoms with Gasteiger partial charge < -0.3 is 10.1 Å². The van der Waals surface area contributed by atoms with E-state index in [1.165, 1.54) is 5.56 Å². The maximum absolute atomic E-state index is 11.7. The first kappa shape index (κ1) is 18.9. The zero-order valence-corrected chi connectivity index (χ0v) is 16.1. The van der Waals surface area contributed by atoms with Gasteiger partial charge in [0, 0.05) is 18.5 Å². The minimum Gasteiger partial charge on any atom is -0.492 e. The Labute approximate surface area is 155 Å². The molecule has 3 rings (SSSR count). The Morgan fingerprint density at radius 2 is 1.88 bits per heavy atom. The fourth-order valence-corrected chi connectivity index (χ4v) is 3.93. The van der Waals surface area contributed by atoms with Gasteiger partial charge in [-0.3, -0.25) is 0 Å². The summed E-state index contributed by atoms with van der Waals surface area (Å²) < 4.78 is 32.0. The van der Waals surface area contributed by atoms with Crippen molar-refractivity contribution in [1.82, 2.24) is 10.0 Å². The Balaban J connectivity index is 1.87. The molecule has 0 fully saturated rings. The molecule has 1 heterocycles. The van der Waals surface area contributed by atoms with Crippen molar-refractivity contribution in [1.29, 1.82) is 0 Å². The largest absolute Gasteiger partial charge is 0.492 e. The first-order chi connectivity index (χ1) is 12.5. The lowest BCUT2D eigenvalue weighted by molar-refractivity contribution is 0.218. The number of fused-ring (bicyclic) bond motifs is 1. The molecule has 0 saturated heterocycles. The molecule has 2 atom stereocenters. The molecule has 0 aliphatic carbocycles. The summed E-state index contributed by atoms with van der Waals surface area (Å²) in [7, 11) is -1.26. The van der Waals surface area contributed by atoms with E-state index in [0.29, 0.717) is 13.2 Å². The summed E-state index contributed by atoms with van der Waals surface area (Å²) in [6, 6.07) is 16.6. The lowest BCUT2D eigenvalue weighted by Gasteiger charge is -2.34. The highest BCUT2D eigenvalue weighted by atomic mass is 32.2. The fraction of sp³-hybridized carbons (Fsp3) is 0.400. The summed E-state index contributed by atoms with van der Waals surface area (Å²) in [4.78, 5) is 0. The van der Waals surface area contributed by atoms with Crippen LogP contribution in [0.5, 0.6) is 5.75 Å². The van der Waals surface area contributed by atoms with Crippen LogP contribution < -0.4 is 14.8 Å². The summed E-state index contributed by atoms with van der Waals surface area (Å²) in [5.41, 5.74) is 3.36. The highest BCUT2D eigenvalue weighted by molar-refractivity contribution is 7.89. The normalized spacial score (nSPS) is 19.6. The van der Waals surface area contributed by atoms with Crippen LogP contribution in [-0.4, -0.2) is 33.9 Å². The summed E-state index contributed by atoms with van der Waals surface area (Å²) in [5.74, 6) is 1.24. The summed E-state index contributed by atoms with van der Waals surface area (Å²) in [6.07, 6.45) is 0.910. The number of ether oxygens (including phenoxy) is 1. The van der Waals surface area contributed by atoms with E-state index in [-0.39, 0.29) is 17.7 Å². The quantitative estimate of drug-likeness (QED) is 0.781. The standard InChI is InChI=1S/C20H26N2O3S/c1-3-26(23,24)22-13-16-9-10-20-18(12-16)17(19(21-2)14-25-20)11-15-7-5-4-6-8-15/h4-10,12,17,19,21-22H,3,11,13-14H2,1-2H3/t17?,19-/m1/s1. The van der Waals surface area contributed by atoms with Crippen LogP contribution in [0.3, 0.4) is 0 Å². The van der Waals surface area contributed by atoms with Crippen LogP contribution in [-0.2, 0) is 23.0 Å². The molecule has 0 aromatic heterocycles. The van der Waals surface area contributed by atoms with Gasteiger partial charge in [0.25, 0.3) is 0 Å². The van der Waals surface area contributed by atoms with Gasteiger partial charge in [-0.2, -0.15) is 0 Å². The van der Waals surface area contributed by atoms with Gasteiger partial charge in [-0.15, -0.1) is 0 Å². The van der Waals surface area contributed by atoms with E-state index in [1.807, 2.05) is 25.2 Å². The van der Waals surface area contributed by atoms with Crippen molar-refractivity contribution in [3.63, 3.8) is 0 Å². The molecular formula is C20H26N2O3S. The third kappa shape index (κ3) is 4.44. The van der Waals surface area contributed by atoms with E-state index >= 15 is 0 Å². The van der Waals surface area contributed by atoms with Crippen LogP contribution >= 0.6 is 0 Å². The number of hydrogen-bond acceptors (Lipinski definition) is 4. The van der Waals surface area contributed by atoms with E-state index in [1.54, 1.807) is 6.92 Å². The molecular weight excluding hydrogens is 348 g/mol. The second-order valence-corrected chi connectivity index (χ2v) is 8.69. The van der Waals surface area contributed by atoms with Gasteiger partial charge in [0.05, 0.1) is 5.75 Å². The number of benzene rings is 2. The molecule has 140 valence electrons. The lowest BCUT2D eigenvalue weighted by Crippen LogP contribution is -2.41. The number of rotatable bonds is 7. The van der Waals surface area contributed by atoms with Crippen molar-refractivity contribution in [2.45, 2.75) is 31.8 Å². The molecule has 2 N–H and O–H groups in total. The van der Waals surface area contributed by atoms with E-state index < -0.39 is 10.0 Å². The van der Waals surface area contributed by atoms with Crippen LogP contribution in [0, 0.1) is 0 Å². The van der Waals surface area contributed by atoms with Gasteiger partial charge >= 0.3 is 0 Å². The minimum atomic E-state index is -3.21. The van der Waals surface area contributed by atoms with Gasteiger partial charge in [-0.05, 0) is 43.1 Å². The Morgan fingerprint density at radius 3 is 2.58 bits per heavy atom. The average Bonchev–Trinajstić information content (AvgIpc) is 2.67. The molecule has 0 bridgehead atoms. The van der Waals surface area contributed by atoms with Crippen LogP contribution in [0.2, 0.25) is 0 Å². The molecule has 2 aromatic rings. The van der Waals surface area contributed by atoms with Crippen molar-refractivity contribution in [2.24, 2.45) is 0 Å². The molecule has 1 unspecified atom stereocenters. The van der Waals surface area contributed by atoms with Gasteiger partial charge in [0.2, 0.25) is 10.0 Å². The second-order valence-electron chi connectivity index (χ2n) is 6.60. The summed E-state index contributed by atoms with van der Waals surface area (Å²) >= 11 is 0. The molecule has 0 amide bonds. The van der Waals surface area contributed by atoms with Crippen molar-refractivity contribution < 1.29 is 13.2 Å². The predicted octanol–water partition coefficient (Wildman–Crippen LogP) is 2.43. The average molecular weight is 375 g/mol. The molecule has 6 heteroatoms. The van der Waals surface area contributed by atoms with Crippen LogP contribution in [0.1, 0.15) is 29.5 Å². The third-order valence-electron chi connectivity index (χ3n) is 4.92. The molecule has 0 radical (unpaired) electrons. The Morgan fingerprint density at radius 1 is 1.12 bits per heavy atom. The molecule has 0 spiro atoms. The first-order valence-electron chi connectivity index (χ1n) is 8.96. The Hall–Kier alpha value is -1.89. The third-order valence-corrected chi connectivity index (χ3v) is 6.27. The minimum absolute atomic E-state index is 0.0828. The van der Waals surface area contributed by atoms with Crippen molar-refractivity contribution in [3.05, 3.63) is 65.2 Å². The van der Waals surface area contributed by atoms with E-state index in [9.17, 15) is 8.42 Å². The van der Waals surface area contributed by atoms with Gasteiger partial charge in [0.15, 0.2) is 0 Å². The highest BCUT2D eigenvalue weighted by Crippen LogP contribution is 2.36. The maximum atomic E-state index is 11.7. The van der Waals surface area contributed by atoms with Crippen molar-refractivity contribution in [3.8, 4) is 5.75 Å². The van der Waals surface area contributed by atoms with E-state index in [2.05, 4.69) is 40.4 Å². The van der Waals surface area contributed by atoms with Crippen LogP contribution in [0.15, 0.2) is 48.5 Å². The second kappa shape index (κ2) is 8.20. The molecule has 0 saturated carbocycles. The predicted molar refractivity (Wildman–Crippen MR) is 104 cm³/mol. The zero-order chi connectivity index (χ0) is 18.6. The Bertz CT molecular complexity index is 837. The molecule has 5 nitrogen and oxygen atoms in total. The van der Waals surface area contributed by atoms with Gasteiger partial charge in [0.1, 0.15) is 12.4 Å². The van der Waals surface area contributed by atoms with Crippen LogP contribution in [0.4, 0.5) is 0 Å². The topological polar surface area (TPSA) is 67.4 Å². The highest BCUT2D eigenvalue weighted by Gasteiger charge is 2.30. The Kier molecular flexibility index (Phi) is 5.96. The number of likely N-dealkylation sites (N-methyl/N-ethyl adjacent to an activating group) is 1.